The van der Waals surface area contributed by atoms with Crippen LogP contribution in [0.15, 0.2) is 46.5 Å². The quantitative estimate of drug-likeness (QED) is 0.507. The standard InChI is InChI=1S/C19H20ClFN4O3S2/c1-3-8-25-17-7-5-13(30(22,27)28)10-16(17)24-19(25)29-11(2)18(26)23-15-6-4-12(20)9-14(15)21/h4-7,9-11H,3,8H2,1-2H3,(H,23,26)(H2,22,27,28). The number of anilines is 1. The zero-order chi connectivity index (χ0) is 22.1. The summed E-state index contributed by atoms with van der Waals surface area (Å²) in [6, 6.07) is 8.50. The van der Waals surface area contributed by atoms with Gasteiger partial charge in [0.25, 0.3) is 0 Å². The molecule has 1 aromatic heterocycles. The first-order valence-electron chi connectivity index (χ1n) is 9.05. The summed E-state index contributed by atoms with van der Waals surface area (Å²) < 4.78 is 39.1. The van der Waals surface area contributed by atoms with Gasteiger partial charge in [-0.05, 0) is 49.7 Å². The van der Waals surface area contributed by atoms with Gasteiger partial charge in [0.15, 0.2) is 5.16 Å². The smallest absolute Gasteiger partial charge is 0.238 e. The fourth-order valence-corrected chi connectivity index (χ4v) is 4.47. The fourth-order valence-electron chi connectivity index (χ4n) is 2.83. The molecule has 0 fully saturated rings. The van der Waals surface area contributed by atoms with Gasteiger partial charge in [-0.3, -0.25) is 4.79 Å². The molecule has 160 valence electrons. The van der Waals surface area contributed by atoms with Crippen molar-refractivity contribution in [1.29, 1.82) is 0 Å². The van der Waals surface area contributed by atoms with Crippen molar-refractivity contribution in [3.8, 4) is 0 Å². The third kappa shape index (κ3) is 4.94. The highest BCUT2D eigenvalue weighted by Gasteiger charge is 2.21. The summed E-state index contributed by atoms with van der Waals surface area (Å²) in [6.07, 6.45) is 0.812. The molecule has 3 rings (SSSR count). The number of imidazole rings is 1. The Morgan fingerprint density at radius 3 is 2.70 bits per heavy atom. The van der Waals surface area contributed by atoms with Crippen LogP contribution in [0.1, 0.15) is 20.3 Å². The average Bonchev–Trinajstić information content (AvgIpc) is 3.00. The number of nitrogens with one attached hydrogen (secondary N) is 1. The molecular formula is C19H20ClFN4O3S2. The van der Waals surface area contributed by atoms with Crippen LogP contribution in [-0.4, -0.2) is 29.1 Å². The monoisotopic (exact) mass is 470 g/mol. The molecule has 3 aromatic rings. The van der Waals surface area contributed by atoms with E-state index in [2.05, 4.69) is 10.3 Å². The van der Waals surface area contributed by atoms with E-state index in [1.165, 1.54) is 36.0 Å². The normalized spacial score (nSPS) is 12.8. The lowest BCUT2D eigenvalue weighted by molar-refractivity contribution is -0.115. The molecule has 3 N–H and O–H groups in total. The van der Waals surface area contributed by atoms with Crippen molar-refractivity contribution in [2.24, 2.45) is 5.14 Å². The van der Waals surface area contributed by atoms with Crippen molar-refractivity contribution in [2.75, 3.05) is 5.32 Å². The first kappa shape index (κ1) is 22.5. The van der Waals surface area contributed by atoms with Crippen LogP contribution in [0.5, 0.6) is 0 Å². The molecule has 0 aliphatic carbocycles. The second kappa shape index (κ2) is 8.93. The average molecular weight is 471 g/mol. The molecule has 1 atom stereocenters. The van der Waals surface area contributed by atoms with Crippen molar-refractivity contribution >= 4 is 56.0 Å². The lowest BCUT2D eigenvalue weighted by atomic mass is 10.3. The highest BCUT2D eigenvalue weighted by atomic mass is 35.5. The molecule has 2 aromatic carbocycles. The summed E-state index contributed by atoms with van der Waals surface area (Å²) in [6.45, 7) is 4.31. The molecule has 1 unspecified atom stereocenters. The second-order valence-corrected chi connectivity index (χ2v) is 9.92. The zero-order valence-electron chi connectivity index (χ0n) is 16.2. The van der Waals surface area contributed by atoms with E-state index in [9.17, 15) is 17.6 Å². The predicted molar refractivity (Wildman–Crippen MR) is 117 cm³/mol. The highest BCUT2D eigenvalue weighted by Crippen LogP contribution is 2.30. The summed E-state index contributed by atoms with van der Waals surface area (Å²) in [4.78, 5) is 17.0. The molecule has 11 heteroatoms. The van der Waals surface area contributed by atoms with Crippen molar-refractivity contribution < 1.29 is 17.6 Å². The van der Waals surface area contributed by atoms with Crippen LogP contribution in [0.4, 0.5) is 10.1 Å². The maximum absolute atomic E-state index is 14.0. The van der Waals surface area contributed by atoms with Gasteiger partial charge in [-0.25, -0.2) is 22.9 Å². The molecular weight excluding hydrogens is 451 g/mol. The van der Waals surface area contributed by atoms with Crippen molar-refractivity contribution in [2.45, 2.75) is 42.1 Å². The topological polar surface area (TPSA) is 107 Å². The van der Waals surface area contributed by atoms with E-state index in [0.717, 1.165) is 18.0 Å². The summed E-state index contributed by atoms with van der Waals surface area (Å²) >= 11 is 6.93. The number of rotatable bonds is 7. The van der Waals surface area contributed by atoms with Gasteiger partial charge in [0, 0.05) is 11.6 Å². The summed E-state index contributed by atoms with van der Waals surface area (Å²) in [5.74, 6) is -1.02. The van der Waals surface area contributed by atoms with Gasteiger partial charge in [-0.1, -0.05) is 30.3 Å². The Morgan fingerprint density at radius 1 is 1.33 bits per heavy atom. The van der Waals surface area contributed by atoms with E-state index in [-0.39, 0.29) is 15.6 Å². The SMILES string of the molecule is CCCn1c(SC(C)C(=O)Nc2ccc(Cl)cc2F)nc2cc(S(N)(=O)=O)ccc21. The largest absolute Gasteiger partial charge is 0.323 e. The van der Waals surface area contributed by atoms with Gasteiger partial charge in [-0.15, -0.1) is 0 Å². The Labute approximate surface area is 182 Å². The van der Waals surface area contributed by atoms with Gasteiger partial charge < -0.3 is 9.88 Å². The number of amides is 1. The van der Waals surface area contributed by atoms with Crippen LogP contribution in [-0.2, 0) is 21.4 Å². The fraction of sp³-hybridized carbons (Fsp3) is 0.263. The maximum atomic E-state index is 14.0. The molecule has 0 saturated heterocycles. The molecule has 30 heavy (non-hydrogen) atoms. The highest BCUT2D eigenvalue weighted by molar-refractivity contribution is 8.00. The van der Waals surface area contributed by atoms with Gasteiger partial charge in [0.1, 0.15) is 5.82 Å². The molecule has 0 radical (unpaired) electrons. The molecule has 1 amide bonds. The minimum Gasteiger partial charge on any atom is -0.323 e. The number of halogens is 2. The number of hydrogen-bond donors (Lipinski definition) is 2. The first-order chi connectivity index (χ1) is 14.1. The number of carbonyl (C=O) groups is 1. The Kier molecular flexibility index (Phi) is 6.71. The van der Waals surface area contributed by atoms with Gasteiger partial charge in [-0.2, -0.15) is 0 Å². The summed E-state index contributed by atoms with van der Waals surface area (Å²) in [5.41, 5.74) is 1.24. The second-order valence-electron chi connectivity index (χ2n) is 6.62. The van der Waals surface area contributed by atoms with E-state index in [0.29, 0.717) is 17.2 Å². The lowest BCUT2D eigenvalue weighted by Crippen LogP contribution is -2.23. The molecule has 7 nitrogen and oxygen atoms in total. The summed E-state index contributed by atoms with van der Waals surface area (Å²) in [5, 5.41) is 7.95. The maximum Gasteiger partial charge on any atom is 0.238 e. The minimum absolute atomic E-state index is 0.0308. The number of hydrogen-bond acceptors (Lipinski definition) is 5. The van der Waals surface area contributed by atoms with Crippen molar-refractivity contribution in [1.82, 2.24) is 9.55 Å². The zero-order valence-corrected chi connectivity index (χ0v) is 18.6. The van der Waals surface area contributed by atoms with Crippen molar-refractivity contribution in [3.63, 3.8) is 0 Å². The number of aromatic nitrogens is 2. The van der Waals surface area contributed by atoms with Gasteiger partial charge >= 0.3 is 0 Å². The number of thioether (sulfide) groups is 1. The van der Waals surface area contributed by atoms with Gasteiger partial charge in [0.05, 0.1) is 26.9 Å². The molecule has 0 aliphatic rings. The minimum atomic E-state index is -3.85. The van der Waals surface area contributed by atoms with Crippen LogP contribution in [0.25, 0.3) is 11.0 Å². The number of carbonyl (C=O) groups excluding carboxylic acids is 1. The van der Waals surface area contributed by atoms with Crippen LogP contribution < -0.4 is 10.5 Å². The number of nitrogens with zero attached hydrogens (tertiary/aromatic N) is 2. The Hall–Kier alpha value is -2.14. The molecule has 1 heterocycles. The third-order valence-electron chi connectivity index (χ3n) is 4.30. The van der Waals surface area contributed by atoms with E-state index in [1.54, 1.807) is 13.0 Å². The molecule has 0 saturated carbocycles. The van der Waals surface area contributed by atoms with E-state index in [4.69, 9.17) is 16.7 Å². The molecule has 0 spiro atoms. The van der Waals surface area contributed by atoms with Crippen LogP contribution in [0, 0.1) is 5.82 Å². The number of sulfonamides is 1. The number of fused-ring (bicyclic) bond motifs is 1. The Morgan fingerprint density at radius 2 is 2.07 bits per heavy atom. The molecule has 0 bridgehead atoms. The van der Waals surface area contributed by atoms with E-state index in [1.807, 2.05) is 11.5 Å². The number of benzene rings is 2. The van der Waals surface area contributed by atoms with Crippen molar-refractivity contribution in [3.05, 3.63) is 47.2 Å². The van der Waals surface area contributed by atoms with E-state index >= 15 is 0 Å². The van der Waals surface area contributed by atoms with Gasteiger partial charge in [0.2, 0.25) is 15.9 Å². The third-order valence-corrected chi connectivity index (χ3v) is 6.54. The lowest BCUT2D eigenvalue weighted by Gasteiger charge is -2.13. The Balaban J connectivity index is 1.87. The number of aryl methyl sites for hydroxylation is 1. The van der Waals surface area contributed by atoms with Crippen LogP contribution in [0.2, 0.25) is 5.02 Å². The van der Waals surface area contributed by atoms with Crippen LogP contribution >= 0.6 is 23.4 Å². The van der Waals surface area contributed by atoms with Crippen LogP contribution in [0.3, 0.4) is 0 Å². The van der Waals surface area contributed by atoms with E-state index < -0.39 is 27.0 Å². The first-order valence-corrected chi connectivity index (χ1v) is 11.9. The summed E-state index contributed by atoms with van der Waals surface area (Å²) in [7, 11) is -3.85. The predicted octanol–water partition coefficient (Wildman–Crippen LogP) is 4.01. The number of nitrogens with two attached hydrogens (primary N) is 1. The molecule has 0 aliphatic heterocycles. The Bertz CT molecular complexity index is 1210. The number of primary sulfonamides is 1.